The fourth-order valence-corrected chi connectivity index (χ4v) is 3.85. The SMILES string of the molecule is OC[C@H]1OC(Oc2cc(O)cc3c2CC(O)C(c2ccc(O)c(O)c2)O3)[C@H](O)[C@@H](O)[C@@H]1O. The van der Waals surface area contributed by atoms with E-state index < -0.39 is 49.5 Å². The van der Waals surface area contributed by atoms with Crippen molar-refractivity contribution in [3.05, 3.63) is 41.5 Å². The molecule has 0 saturated carbocycles. The van der Waals surface area contributed by atoms with Gasteiger partial charge in [0.1, 0.15) is 47.8 Å². The number of aliphatic hydroxyl groups is 5. The van der Waals surface area contributed by atoms with Gasteiger partial charge in [0, 0.05) is 24.1 Å². The van der Waals surface area contributed by atoms with Crippen LogP contribution in [-0.4, -0.2) is 84.3 Å². The summed E-state index contributed by atoms with van der Waals surface area (Å²) in [5.41, 5.74) is 0.727. The number of aromatic hydroxyl groups is 3. The van der Waals surface area contributed by atoms with E-state index in [4.69, 9.17) is 14.2 Å². The Kier molecular flexibility index (Phi) is 6.03. The molecule has 4 rings (SSSR count). The molecule has 0 amide bonds. The van der Waals surface area contributed by atoms with Gasteiger partial charge in [0.15, 0.2) is 11.5 Å². The summed E-state index contributed by atoms with van der Waals surface area (Å²) in [6, 6.07) is 6.49. The van der Waals surface area contributed by atoms with E-state index in [1.54, 1.807) is 0 Å². The molecule has 2 aliphatic rings. The van der Waals surface area contributed by atoms with Gasteiger partial charge in [-0.1, -0.05) is 6.07 Å². The van der Waals surface area contributed by atoms with Crippen molar-refractivity contribution < 1.29 is 55.1 Å². The van der Waals surface area contributed by atoms with Crippen molar-refractivity contribution in [3.63, 3.8) is 0 Å². The maximum absolute atomic E-state index is 10.7. The van der Waals surface area contributed by atoms with E-state index in [0.29, 0.717) is 11.1 Å². The average Bonchev–Trinajstić information content (AvgIpc) is 2.76. The smallest absolute Gasteiger partial charge is 0.229 e. The fraction of sp³-hybridized carbons (Fsp3) is 0.429. The van der Waals surface area contributed by atoms with Crippen molar-refractivity contribution in [2.75, 3.05) is 6.61 Å². The van der Waals surface area contributed by atoms with E-state index in [2.05, 4.69) is 0 Å². The first-order chi connectivity index (χ1) is 15.2. The molecule has 2 aromatic rings. The Labute approximate surface area is 181 Å². The molecule has 2 aromatic carbocycles. The number of phenolic OH excluding ortho intramolecular Hbond substituents is 3. The molecule has 0 aliphatic carbocycles. The van der Waals surface area contributed by atoms with Crippen LogP contribution in [0.1, 0.15) is 17.2 Å². The van der Waals surface area contributed by atoms with Crippen LogP contribution in [0.15, 0.2) is 30.3 Å². The van der Waals surface area contributed by atoms with E-state index in [1.165, 1.54) is 30.3 Å². The molecule has 1 fully saturated rings. The number of benzene rings is 2. The highest BCUT2D eigenvalue weighted by atomic mass is 16.7. The van der Waals surface area contributed by atoms with E-state index in [0.717, 1.165) is 0 Å². The Balaban J connectivity index is 1.62. The molecule has 0 spiro atoms. The lowest BCUT2D eigenvalue weighted by molar-refractivity contribution is -0.277. The molecule has 11 heteroatoms. The summed E-state index contributed by atoms with van der Waals surface area (Å²) >= 11 is 0. The van der Waals surface area contributed by atoms with Crippen molar-refractivity contribution in [2.24, 2.45) is 0 Å². The zero-order chi connectivity index (χ0) is 23.2. The van der Waals surface area contributed by atoms with E-state index >= 15 is 0 Å². The number of rotatable bonds is 4. The summed E-state index contributed by atoms with van der Waals surface area (Å²) in [5, 5.41) is 79.5. The van der Waals surface area contributed by atoms with Crippen LogP contribution >= 0.6 is 0 Å². The second-order valence-electron chi connectivity index (χ2n) is 7.79. The zero-order valence-corrected chi connectivity index (χ0v) is 16.6. The maximum Gasteiger partial charge on any atom is 0.229 e. The van der Waals surface area contributed by atoms with Crippen molar-refractivity contribution in [1.29, 1.82) is 0 Å². The predicted octanol–water partition coefficient (Wildman–Crippen LogP) is -0.981. The minimum Gasteiger partial charge on any atom is -0.508 e. The maximum atomic E-state index is 10.7. The van der Waals surface area contributed by atoms with Crippen LogP contribution in [0.2, 0.25) is 0 Å². The normalized spacial score (nSPS) is 32.1. The summed E-state index contributed by atoms with van der Waals surface area (Å²) < 4.78 is 16.8. The van der Waals surface area contributed by atoms with Crippen LogP contribution < -0.4 is 9.47 Å². The number of aliphatic hydroxyl groups excluding tert-OH is 5. The van der Waals surface area contributed by atoms with Crippen LogP contribution in [0.5, 0.6) is 28.7 Å². The van der Waals surface area contributed by atoms with Crippen LogP contribution in [-0.2, 0) is 11.2 Å². The monoisotopic (exact) mass is 452 g/mol. The summed E-state index contributed by atoms with van der Waals surface area (Å²) in [4.78, 5) is 0. The van der Waals surface area contributed by atoms with Crippen LogP contribution in [0.4, 0.5) is 0 Å². The molecule has 1 saturated heterocycles. The lowest BCUT2D eigenvalue weighted by Crippen LogP contribution is -2.60. The highest BCUT2D eigenvalue weighted by Crippen LogP contribution is 2.44. The van der Waals surface area contributed by atoms with Crippen molar-refractivity contribution >= 4 is 0 Å². The van der Waals surface area contributed by atoms with E-state index in [1.807, 2.05) is 0 Å². The number of ether oxygens (including phenoxy) is 3. The minimum atomic E-state index is -1.66. The van der Waals surface area contributed by atoms with Gasteiger partial charge in [-0.25, -0.2) is 0 Å². The van der Waals surface area contributed by atoms with Crippen LogP contribution in [0.3, 0.4) is 0 Å². The Morgan fingerprint density at radius 1 is 0.906 bits per heavy atom. The van der Waals surface area contributed by atoms with Crippen molar-refractivity contribution in [3.8, 4) is 28.7 Å². The standard InChI is InChI=1S/C21H24O11/c22-7-16-17(27)18(28)19(29)21(32-16)31-15-5-9(23)4-14-10(15)6-13(26)20(30-14)8-1-2-11(24)12(25)3-8/h1-5,13,16-29H,6-7H2/t13?,16-,17-,18+,19-,20?,21?/m1/s1. The molecule has 0 aromatic heterocycles. The third kappa shape index (κ3) is 4.01. The zero-order valence-electron chi connectivity index (χ0n) is 16.6. The van der Waals surface area contributed by atoms with Crippen LogP contribution in [0.25, 0.3) is 0 Å². The molecule has 32 heavy (non-hydrogen) atoms. The highest BCUT2D eigenvalue weighted by molar-refractivity contribution is 5.52. The Hall–Kier alpha value is -2.80. The van der Waals surface area contributed by atoms with Gasteiger partial charge in [-0.3, -0.25) is 0 Å². The molecule has 0 radical (unpaired) electrons. The van der Waals surface area contributed by atoms with E-state index in [9.17, 15) is 40.9 Å². The van der Waals surface area contributed by atoms with Gasteiger partial charge >= 0.3 is 0 Å². The number of hydrogen-bond donors (Lipinski definition) is 8. The first-order valence-corrected chi connectivity index (χ1v) is 9.89. The van der Waals surface area contributed by atoms with Gasteiger partial charge in [0.2, 0.25) is 6.29 Å². The molecular weight excluding hydrogens is 428 g/mol. The number of fused-ring (bicyclic) bond motifs is 1. The van der Waals surface area contributed by atoms with Crippen molar-refractivity contribution in [2.45, 2.75) is 49.3 Å². The summed E-state index contributed by atoms with van der Waals surface area (Å²) in [7, 11) is 0. The summed E-state index contributed by atoms with van der Waals surface area (Å²) in [6.45, 7) is -0.633. The third-order valence-electron chi connectivity index (χ3n) is 5.59. The lowest BCUT2D eigenvalue weighted by atomic mass is 9.93. The van der Waals surface area contributed by atoms with Crippen LogP contribution in [0, 0.1) is 0 Å². The molecule has 8 N–H and O–H groups in total. The Morgan fingerprint density at radius 2 is 1.66 bits per heavy atom. The third-order valence-corrected chi connectivity index (χ3v) is 5.59. The molecule has 2 heterocycles. The molecular formula is C21H24O11. The Morgan fingerprint density at radius 3 is 2.34 bits per heavy atom. The summed E-state index contributed by atoms with van der Waals surface area (Å²) in [6.07, 6.45) is -9.56. The first-order valence-electron chi connectivity index (χ1n) is 9.89. The second kappa shape index (κ2) is 8.62. The molecule has 0 bridgehead atoms. The molecule has 11 nitrogen and oxygen atoms in total. The first kappa shape index (κ1) is 22.4. The second-order valence-corrected chi connectivity index (χ2v) is 7.79. The van der Waals surface area contributed by atoms with Gasteiger partial charge < -0.3 is 55.1 Å². The molecule has 7 atom stereocenters. The summed E-state index contributed by atoms with van der Waals surface area (Å²) in [5.74, 6) is -0.811. The lowest BCUT2D eigenvalue weighted by Gasteiger charge is -2.40. The topological polar surface area (TPSA) is 190 Å². The van der Waals surface area contributed by atoms with E-state index in [-0.39, 0.29) is 35.2 Å². The number of phenols is 3. The van der Waals surface area contributed by atoms with Gasteiger partial charge in [-0.2, -0.15) is 0 Å². The quantitative estimate of drug-likeness (QED) is 0.266. The predicted molar refractivity (Wildman–Crippen MR) is 105 cm³/mol. The van der Waals surface area contributed by atoms with Gasteiger partial charge in [-0.15, -0.1) is 0 Å². The van der Waals surface area contributed by atoms with Gasteiger partial charge in [-0.05, 0) is 17.7 Å². The van der Waals surface area contributed by atoms with Crippen molar-refractivity contribution in [1.82, 2.24) is 0 Å². The largest absolute Gasteiger partial charge is 0.508 e. The molecule has 174 valence electrons. The molecule has 3 unspecified atom stereocenters. The average molecular weight is 452 g/mol. The number of hydrogen-bond acceptors (Lipinski definition) is 11. The molecule has 2 aliphatic heterocycles. The fourth-order valence-electron chi connectivity index (χ4n) is 3.85. The highest BCUT2D eigenvalue weighted by Gasteiger charge is 2.45. The van der Waals surface area contributed by atoms with Gasteiger partial charge in [0.25, 0.3) is 0 Å². The van der Waals surface area contributed by atoms with Gasteiger partial charge in [0.05, 0.1) is 12.7 Å². The Bertz CT molecular complexity index is 978. The minimum absolute atomic E-state index is 0.00428.